The number of phenolic OH excluding ortho intramolecular Hbond substituents is 2. The number of aryl methyl sites for hydroxylation is 2. The molecule has 234 valence electrons. The van der Waals surface area contributed by atoms with Crippen molar-refractivity contribution >= 4 is 0 Å². The van der Waals surface area contributed by atoms with Gasteiger partial charge in [-0.3, -0.25) is 4.90 Å². The largest absolute Gasteiger partial charge is 0.507 e. The van der Waals surface area contributed by atoms with Crippen molar-refractivity contribution in [3.05, 3.63) is 106 Å². The van der Waals surface area contributed by atoms with Crippen LogP contribution in [-0.2, 0) is 23.9 Å². The van der Waals surface area contributed by atoms with E-state index < -0.39 is 0 Å². The molecule has 4 aromatic rings. The third kappa shape index (κ3) is 8.11. The Balaban J connectivity index is 1.67. The van der Waals surface area contributed by atoms with Gasteiger partial charge >= 0.3 is 0 Å². The van der Waals surface area contributed by atoms with E-state index >= 15 is 0 Å². The molecule has 0 aliphatic heterocycles. The molecule has 0 spiro atoms. The van der Waals surface area contributed by atoms with Gasteiger partial charge in [0, 0.05) is 48.4 Å². The van der Waals surface area contributed by atoms with Crippen LogP contribution < -0.4 is 0 Å². The molecular weight excluding hydrogens is 540 g/mol. The zero-order chi connectivity index (χ0) is 32.4. The van der Waals surface area contributed by atoms with Gasteiger partial charge in [0.2, 0.25) is 0 Å². The number of hydrogen-bond donors (Lipinski definition) is 2. The predicted molar refractivity (Wildman–Crippen MR) is 187 cm³/mol. The highest BCUT2D eigenvalue weighted by molar-refractivity contribution is 5.74. The summed E-state index contributed by atoms with van der Waals surface area (Å²) >= 11 is 0. The van der Waals surface area contributed by atoms with E-state index in [1.807, 2.05) is 0 Å². The number of nitrogens with zero attached hydrogens (tertiary/aromatic N) is 2. The fourth-order valence-electron chi connectivity index (χ4n) is 5.73. The summed E-state index contributed by atoms with van der Waals surface area (Å²) in [5.41, 5.74) is 10.4. The van der Waals surface area contributed by atoms with Crippen LogP contribution in [0.5, 0.6) is 11.5 Å². The summed E-state index contributed by atoms with van der Waals surface area (Å²) in [6.45, 7) is 20.2. The van der Waals surface area contributed by atoms with E-state index in [9.17, 15) is 10.2 Å². The zero-order valence-corrected chi connectivity index (χ0v) is 28.5. The van der Waals surface area contributed by atoms with Gasteiger partial charge in [-0.2, -0.15) is 0 Å². The monoisotopic (exact) mass is 592 g/mol. The Kier molecular flexibility index (Phi) is 9.97. The third-order valence-corrected chi connectivity index (χ3v) is 8.44. The van der Waals surface area contributed by atoms with Gasteiger partial charge in [-0.1, -0.05) is 102 Å². The summed E-state index contributed by atoms with van der Waals surface area (Å²) in [6, 6.07) is 25.4. The maximum atomic E-state index is 11.6. The van der Waals surface area contributed by atoms with Crippen molar-refractivity contribution < 1.29 is 10.2 Å². The number of rotatable bonds is 9. The molecule has 0 saturated heterocycles. The fraction of sp³-hybridized carbons (Fsp3) is 0.400. The predicted octanol–water partition coefficient (Wildman–Crippen LogP) is 9.21. The van der Waals surface area contributed by atoms with Crippen molar-refractivity contribution in [2.45, 2.75) is 79.3 Å². The van der Waals surface area contributed by atoms with Crippen molar-refractivity contribution in [3.8, 4) is 33.8 Å². The SMILES string of the molecule is Cc1cc(CN(CCN(C)C)Cc2cc(C)cc(-c3ccc(C(C)(C)C)cc3)c2O)c(O)c(-c2ccc(C(C)(C)C)cc2)c1. The van der Waals surface area contributed by atoms with Gasteiger partial charge in [-0.05, 0) is 84.3 Å². The van der Waals surface area contributed by atoms with Crippen LogP contribution >= 0.6 is 0 Å². The van der Waals surface area contributed by atoms with Crippen LogP contribution in [-0.4, -0.2) is 47.2 Å². The minimum absolute atomic E-state index is 0.0718. The van der Waals surface area contributed by atoms with Crippen LogP contribution in [0, 0.1) is 13.8 Å². The molecule has 0 bridgehead atoms. The summed E-state index contributed by atoms with van der Waals surface area (Å²) in [5, 5.41) is 23.1. The van der Waals surface area contributed by atoms with Gasteiger partial charge < -0.3 is 15.1 Å². The van der Waals surface area contributed by atoms with Gasteiger partial charge in [0.05, 0.1) is 0 Å². The van der Waals surface area contributed by atoms with Crippen molar-refractivity contribution in [1.29, 1.82) is 0 Å². The minimum atomic E-state index is 0.0718. The van der Waals surface area contributed by atoms with E-state index in [1.54, 1.807) is 0 Å². The molecule has 0 unspecified atom stereocenters. The molecule has 0 heterocycles. The Hall–Kier alpha value is -3.60. The maximum absolute atomic E-state index is 11.6. The van der Waals surface area contributed by atoms with Crippen molar-refractivity contribution in [2.75, 3.05) is 27.2 Å². The molecule has 0 aromatic heterocycles. The number of hydrogen-bond acceptors (Lipinski definition) is 4. The van der Waals surface area contributed by atoms with E-state index in [4.69, 9.17) is 0 Å². The van der Waals surface area contributed by atoms with Gasteiger partial charge in [-0.25, -0.2) is 0 Å². The maximum Gasteiger partial charge on any atom is 0.127 e. The molecule has 0 atom stereocenters. The Morgan fingerprint density at radius 1 is 0.545 bits per heavy atom. The fourth-order valence-corrected chi connectivity index (χ4v) is 5.73. The lowest BCUT2D eigenvalue weighted by molar-refractivity contribution is 0.222. The summed E-state index contributed by atoms with van der Waals surface area (Å²) < 4.78 is 0. The molecule has 4 rings (SSSR count). The molecule has 2 N–H and O–H groups in total. The van der Waals surface area contributed by atoms with Crippen LogP contribution in [0.4, 0.5) is 0 Å². The quantitative estimate of drug-likeness (QED) is 0.203. The van der Waals surface area contributed by atoms with E-state index in [0.29, 0.717) is 24.6 Å². The van der Waals surface area contributed by atoms with Crippen LogP contribution in [0.3, 0.4) is 0 Å². The molecule has 44 heavy (non-hydrogen) atoms. The summed E-state index contributed by atoms with van der Waals surface area (Å²) in [4.78, 5) is 4.49. The topological polar surface area (TPSA) is 46.9 Å². The van der Waals surface area contributed by atoms with Crippen molar-refractivity contribution in [3.63, 3.8) is 0 Å². The van der Waals surface area contributed by atoms with Gasteiger partial charge in [-0.15, -0.1) is 0 Å². The Morgan fingerprint density at radius 2 is 0.909 bits per heavy atom. The Labute approximate surface area is 266 Å². The molecule has 0 aliphatic carbocycles. The normalized spacial score (nSPS) is 12.4. The summed E-state index contributed by atoms with van der Waals surface area (Å²) in [7, 11) is 4.15. The van der Waals surface area contributed by atoms with E-state index in [1.165, 1.54) is 11.1 Å². The molecule has 4 nitrogen and oxygen atoms in total. The smallest absolute Gasteiger partial charge is 0.127 e. The molecular formula is C40H52N2O2. The Morgan fingerprint density at radius 3 is 1.23 bits per heavy atom. The summed E-state index contributed by atoms with van der Waals surface area (Å²) in [5.74, 6) is 0.643. The van der Waals surface area contributed by atoms with Crippen molar-refractivity contribution in [1.82, 2.24) is 9.80 Å². The number of likely N-dealkylation sites (N-methyl/N-ethyl adjacent to an activating group) is 1. The highest BCUT2D eigenvalue weighted by atomic mass is 16.3. The van der Waals surface area contributed by atoms with E-state index in [2.05, 4.69) is 152 Å². The lowest BCUT2D eigenvalue weighted by Crippen LogP contribution is -2.31. The average molecular weight is 593 g/mol. The highest BCUT2D eigenvalue weighted by Crippen LogP contribution is 2.38. The van der Waals surface area contributed by atoms with Crippen LogP contribution in [0.2, 0.25) is 0 Å². The highest BCUT2D eigenvalue weighted by Gasteiger charge is 2.20. The van der Waals surface area contributed by atoms with Gasteiger partial charge in [0.1, 0.15) is 11.5 Å². The van der Waals surface area contributed by atoms with Gasteiger partial charge in [0.25, 0.3) is 0 Å². The Bertz CT molecular complexity index is 1460. The average Bonchev–Trinajstić information content (AvgIpc) is 2.94. The van der Waals surface area contributed by atoms with Crippen LogP contribution in [0.25, 0.3) is 22.3 Å². The summed E-state index contributed by atoms with van der Waals surface area (Å²) in [6.07, 6.45) is 0. The lowest BCUT2D eigenvalue weighted by atomic mass is 9.86. The molecule has 4 heteroatoms. The molecule has 0 radical (unpaired) electrons. The molecule has 0 aliphatic rings. The second kappa shape index (κ2) is 13.2. The minimum Gasteiger partial charge on any atom is -0.507 e. The van der Waals surface area contributed by atoms with E-state index in [0.717, 1.165) is 57.6 Å². The first-order valence-corrected chi connectivity index (χ1v) is 15.8. The van der Waals surface area contributed by atoms with Crippen LogP contribution in [0.15, 0.2) is 72.8 Å². The molecule has 0 saturated carbocycles. The molecule has 0 fully saturated rings. The number of aromatic hydroxyl groups is 2. The second-order valence-electron chi connectivity index (χ2n) is 14.8. The first-order chi connectivity index (χ1) is 20.5. The zero-order valence-electron chi connectivity index (χ0n) is 28.5. The number of benzene rings is 4. The lowest BCUT2D eigenvalue weighted by Gasteiger charge is -2.26. The van der Waals surface area contributed by atoms with E-state index in [-0.39, 0.29) is 10.8 Å². The van der Waals surface area contributed by atoms with Gasteiger partial charge in [0.15, 0.2) is 0 Å². The third-order valence-electron chi connectivity index (χ3n) is 8.44. The van der Waals surface area contributed by atoms with Crippen LogP contribution in [0.1, 0.15) is 74.9 Å². The first kappa shape index (κ1) is 33.3. The molecule has 0 amide bonds. The molecule has 4 aromatic carbocycles. The second-order valence-corrected chi connectivity index (χ2v) is 14.8. The first-order valence-electron chi connectivity index (χ1n) is 15.8. The van der Waals surface area contributed by atoms with Crippen molar-refractivity contribution in [2.24, 2.45) is 0 Å². The standard InChI is InChI=1S/C40H52N2O2/c1-27-21-31(37(43)35(23-27)29-11-15-33(16-12-29)39(3,4)5)25-42(20-19-41(9)10)26-32-22-28(2)24-36(38(32)44)30-13-17-34(18-14-30)40(6,7)8/h11-18,21-24,43-44H,19-20,25-26H2,1-10H3. The number of phenols is 2.